The first-order valence-corrected chi connectivity index (χ1v) is 11.3. The Labute approximate surface area is 178 Å². The van der Waals surface area contributed by atoms with Crippen molar-refractivity contribution in [1.82, 2.24) is 4.72 Å². The molecule has 3 aromatic carbocycles. The summed E-state index contributed by atoms with van der Waals surface area (Å²) >= 11 is 0. The maximum Gasteiger partial charge on any atom is 0.240 e. The summed E-state index contributed by atoms with van der Waals surface area (Å²) in [6.07, 6.45) is 0. The molecule has 30 heavy (non-hydrogen) atoms. The third-order valence-corrected chi connectivity index (χ3v) is 6.38. The van der Waals surface area contributed by atoms with Gasteiger partial charge in [-0.3, -0.25) is 0 Å². The Bertz CT molecular complexity index is 1090. The van der Waals surface area contributed by atoms with Gasteiger partial charge in [-0.1, -0.05) is 54.6 Å². The van der Waals surface area contributed by atoms with Crippen LogP contribution < -0.4 is 9.46 Å². The topological polar surface area (TPSA) is 75.6 Å². The molecule has 3 rings (SSSR count). The van der Waals surface area contributed by atoms with E-state index in [1.165, 1.54) is 6.07 Å². The number of hydrogen-bond acceptors (Lipinski definition) is 4. The molecule has 5 nitrogen and oxygen atoms in total. The van der Waals surface area contributed by atoms with E-state index in [0.29, 0.717) is 17.9 Å². The van der Waals surface area contributed by atoms with E-state index in [0.717, 1.165) is 16.7 Å². The Hall–Kier alpha value is -2.67. The number of aryl methyl sites for hydroxylation is 1. The van der Waals surface area contributed by atoms with Gasteiger partial charge in [0.25, 0.3) is 0 Å². The summed E-state index contributed by atoms with van der Waals surface area (Å²) in [6.45, 7) is 5.63. The van der Waals surface area contributed by atoms with Crippen LogP contribution in [0.2, 0.25) is 0 Å². The molecule has 1 unspecified atom stereocenters. The van der Waals surface area contributed by atoms with Crippen LogP contribution in [0.25, 0.3) is 11.1 Å². The second-order valence-corrected chi connectivity index (χ2v) is 9.17. The Morgan fingerprint density at radius 2 is 1.60 bits per heavy atom. The first kappa shape index (κ1) is 22.0. The molecule has 3 aromatic rings. The lowest BCUT2D eigenvalue weighted by Crippen LogP contribution is -2.38. The van der Waals surface area contributed by atoms with Crippen molar-refractivity contribution >= 4 is 10.0 Å². The highest BCUT2D eigenvalue weighted by molar-refractivity contribution is 7.89. The zero-order valence-corrected chi connectivity index (χ0v) is 18.2. The highest BCUT2D eigenvalue weighted by Gasteiger charge is 2.26. The fraction of sp³-hybridized carbons (Fsp3) is 0.250. The highest BCUT2D eigenvalue weighted by Crippen LogP contribution is 2.26. The number of ether oxygens (including phenoxy) is 1. The van der Waals surface area contributed by atoms with Crippen LogP contribution in [0.1, 0.15) is 25.0 Å². The zero-order chi connectivity index (χ0) is 21.8. The SMILES string of the molecule is CCOc1ccc(S(=O)(=O)NCC(C)(O)c2ccc(-c3ccccc3)cc2)cc1C. The van der Waals surface area contributed by atoms with Crippen molar-refractivity contribution in [3.05, 3.63) is 83.9 Å². The maximum atomic E-state index is 12.7. The van der Waals surface area contributed by atoms with E-state index < -0.39 is 15.6 Å². The number of rotatable bonds is 8. The van der Waals surface area contributed by atoms with Gasteiger partial charge >= 0.3 is 0 Å². The van der Waals surface area contributed by atoms with Crippen LogP contribution in [0.4, 0.5) is 0 Å². The van der Waals surface area contributed by atoms with Gasteiger partial charge in [0.1, 0.15) is 11.4 Å². The molecule has 0 aliphatic heterocycles. The highest BCUT2D eigenvalue weighted by atomic mass is 32.2. The molecule has 0 radical (unpaired) electrons. The van der Waals surface area contributed by atoms with E-state index >= 15 is 0 Å². The van der Waals surface area contributed by atoms with E-state index in [1.54, 1.807) is 26.0 Å². The number of nitrogens with one attached hydrogen (secondary N) is 1. The molecule has 0 heterocycles. The minimum absolute atomic E-state index is 0.138. The molecule has 2 N–H and O–H groups in total. The number of benzene rings is 3. The Morgan fingerprint density at radius 1 is 0.967 bits per heavy atom. The summed E-state index contributed by atoms with van der Waals surface area (Å²) in [6, 6.07) is 22.1. The van der Waals surface area contributed by atoms with Crippen LogP contribution in [-0.2, 0) is 15.6 Å². The normalized spacial score (nSPS) is 13.6. The molecule has 0 aliphatic carbocycles. The number of aliphatic hydroxyl groups is 1. The van der Waals surface area contributed by atoms with Crippen molar-refractivity contribution in [1.29, 1.82) is 0 Å². The molecule has 0 aromatic heterocycles. The van der Waals surface area contributed by atoms with Gasteiger partial charge in [-0.25, -0.2) is 13.1 Å². The lowest BCUT2D eigenvalue weighted by Gasteiger charge is -2.24. The minimum atomic E-state index is -3.77. The average molecular weight is 426 g/mol. The molecule has 0 bridgehead atoms. The van der Waals surface area contributed by atoms with Gasteiger partial charge in [0.05, 0.1) is 11.5 Å². The smallest absolute Gasteiger partial charge is 0.240 e. The summed E-state index contributed by atoms with van der Waals surface area (Å²) in [4.78, 5) is 0.138. The van der Waals surface area contributed by atoms with Gasteiger partial charge in [-0.15, -0.1) is 0 Å². The van der Waals surface area contributed by atoms with Crippen molar-refractivity contribution in [2.75, 3.05) is 13.2 Å². The van der Waals surface area contributed by atoms with Crippen LogP contribution >= 0.6 is 0 Å². The van der Waals surface area contributed by atoms with E-state index in [4.69, 9.17) is 4.74 Å². The predicted octanol–water partition coefficient (Wildman–Crippen LogP) is 4.25. The fourth-order valence-electron chi connectivity index (χ4n) is 3.18. The second-order valence-electron chi connectivity index (χ2n) is 7.40. The molecule has 6 heteroatoms. The van der Waals surface area contributed by atoms with Crippen molar-refractivity contribution in [2.24, 2.45) is 0 Å². The second kappa shape index (κ2) is 9.00. The van der Waals surface area contributed by atoms with Crippen molar-refractivity contribution in [3.8, 4) is 16.9 Å². The van der Waals surface area contributed by atoms with Gasteiger partial charge in [0.2, 0.25) is 10.0 Å². The molecule has 0 fully saturated rings. The van der Waals surface area contributed by atoms with E-state index in [2.05, 4.69) is 4.72 Å². The van der Waals surface area contributed by atoms with Gasteiger partial charge in [0, 0.05) is 6.54 Å². The first-order chi connectivity index (χ1) is 14.2. The fourth-order valence-corrected chi connectivity index (χ4v) is 4.40. The number of hydrogen-bond donors (Lipinski definition) is 2. The molecule has 1 atom stereocenters. The van der Waals surface area contributed by atoms with Gasteiger partial charge in [0.15, 0.2) is 0 Å². The third-order valence-electron chi connectivity index (χ3n) is 4.98. The Balaban J connectivity index is 1.73. The van der Waals surface area contributed by atoms with Crippen molar-refractivity contribution < 1.29 is 18.3 Å². The molecule has 0 saturated heterocycles. The average Bonchev–Trinajstić information content (AvgIpc) is 2.75. The molecular formula is C24H27NO4S. The summed E-state index contributed by atoms with van der Waals surface area (Å²) < 4.78 is 33.4. The van der Waals surface area contributed by atoms with Crippen LogP contribution in [0.15, 0.2) is 77.7 Å². The molecule has 0 spiro atoms. The molecule has 158 valence electrons. The molecule has 0 amide bonds. The lowest BCUT2D eigenvalue weighted by atomic mass is 9.94. The molecule has 0 aliphatic rings. The molecular weight excluding hydrogens is 398 g/mol. The van der Waals surface area contributed by atoms with Crippen molar-refractivity contribution in [3.63, 3.8) is 0 Å². The standard InChI is InChI=1S/C24H27NO4S/c1-4-29-23-15-14-22(16-18(23)2)30(27,28)25-17-24(3,26)21-12-10-20(11-13-21)19-8-6-5-7-9-19/h5-16,25-26H,4,17H2,1-3H3. The van der Waals surface area contributed by atoms with E-state index in [-0.39, 0.29) is 11.4 Å². The summed E-state index contributed by atoms with van der Waals surface area (Å²) in [5, 5.41) is 10.9. The zero-order valence-electron chi connectivity index (χ0n) is 17.4. The maximum absolute atomic E-state index is 12.7. The predicted molar refractivity (Wildman–Crippen MR) is 119 cm³/mol. The number of sulfonamides is 1. The first-order valence-electron chi connectivity index (χ1n) is 9.84. The Kier molecular flexibility index (Phi) is 6.61. The van der Waals surface area contributed by atoms with Crippen LogP contribution in [-0.4, -0.2) is 26.7 Å². The van der Waals surface area contributed by atoms with Crippen LogP contribution in [0, 0.1) is 6.92 Å². The largest absolute Gasteiger partial charge is 0.494 e. The van der Waals surface area contributed by atoms with Gasteiger partial charge in [-0.2, -0.15) is 0 Å². The van der Waals surface area contributed by atoms with Crippen LogP contribution in [0.5, 0.6) is 5.75 Å². The third kappa shape index (κ3) is 5.08. The summed E-state index contributed by atoms with van der Waals surface area (Å²) in [5.74, 6) is 0.655. The lowest BCUT2D eigenvalue weighted by molar-refractivity contribution is 0.0627. The van der Waals surface area contributed by atoms with Crippen LogP contribution in [0.3, 0.4) is 0 Å². The van der Waals surface area contributed by atoms with E-state index in [9.17, 15) is 13.5 Å². The van der Waals surface area contributed by atoms with Gasteiger partial charge < -0.3 is 9.84 Å². The summed E-state index contributed by atoms with van der Waals surface area (Å²) in [5.41, 5.74) is 2.12. The van der Waals surface area contributed by atoms with E-state index in [1.807, 2.05) is 61.5 Å². The van der Waals surface area contributed by atoms with Crippen molar-refractivity contribution in [2.45, 2.75) is 31.3 Å². The quantitative estimate of drug-likeness (QED) is 0.566. The Morgan fingerprint density at radius 3 is 2.20 bits per heavy atom. The minimum Gasteiger partial charge on any atom is -0.494 e. The monoisotopic (exact) mass is 425 g/mol. The van der Waals surface area contributed by atoms with Gasteiger partial charge in [-0.05, 0) is 61.2 Å². The molecule has 0 saturated carbocycles. The summed E-state index contributed by atoms with van der Waals surface area (Å²) in [7, 11) is -3.77.